The first-order valence-corrected chi connectivity index (χ1v) is 9.97. The summed E-state index contributed by atoms with van der Waals surface area (Å²) in [4.78, 5) is 35.0. The minimum absolute atomic E-state index is 0.0255. The minimum atomic E-state index is -0.251. The fourth-order valence-electron chi connectivity index (χ4n) is 3.28. The monoisotopic (exact) mass is 429 g/mol. The molecule has 0 saturated carbocycles. The molecule has 4 rings (SSSR count). The first-order chi connectivity index (χ1) is 14.5. The lowest BCUT2D eigenvalue weighted by Gasteiger charge is -2.19. The number of aryl methyl sites for hydroxylation is 1. The maximum Gasteiger partial charge on any atom is 0.262 e. The molecule has 0 radical (unpaired) electrons. The van der Waals surface area contributed by atoms with Crippen LogP contribution in [0.1, 0.15) is 24.8 Å². The number of benzene rings is 2. The zero-order chi connectivity index (χ0) is 21.1. The summed E-state index contributed by atoms with van der Waals surface area (Å²) in [6, 6.07) is 8.69. The van der Waals surface area contributed by atoms with Crippen molar-refractivity contribution in [2.75, 3.05) is 29.2 Å². The van der Waals surface area contributed by atoms with Crippen molar-refractivity contribution in [2.45, 2.75) is 25.7 Å². The summed E-state index contributed by atoms with van der Waals surface area (Å²) in [5.41, 5.74) is 2.77. The van der Waals surface area contributed by atoms with E-state index in [9.17, 15) is 14.4 Å². The van der Waals surface area contributed by atoms with E-state index in [2.05, 4.69) is 16.0 Å². The number of hydrogen-bond donors (Lipinski definition) is 3. The van der Waals surface area contributed by atoms with E-state index >= 15 is 0 Å². The summed E-state index contributed by atoms with van der Waals surface area (Å²) >= 11 is 6.19. The average Bonchev–Trinajstić information content (AvgIpc) is 2.72. The van der Waals surface area contributed by atoms with Crippen molar-refractivity contribution in [1.82, 2.24) is 0 Å². The van der Waals surface area contributed by atoms with Gasteiger partial charge in [0.05, 0.1) is 23.0 Å². The highest BCUT2D eigenvalue weighted by atomic mass is 35.5. The molecule has 0 spiro atoms. The lowest BCUT2D eigenvalue weighted by atomic mass is 10.0. The standard InChI is InChI=1S/C21H20ClN3O5/c22-14-9-17-18(30-11-21(28)25-17)10-16(14)24-19(26)2-1-7-29-13-4-5-15-12(8-13)3-6-20(27)23-15/h4-5,8-10H,1-3,6-7,11H2,(H,23,27)(H,24,26)(H,25,28). The summed E-state index contributed by atoms with van der Waals surface area (Å²) in [7, 11) is 0. The van der Waals surface area contributed by atoms with Gasteiger partial charge in [0.1, 0.15) is 11.5 Å². The van der Waals surface area contributed by atoms with Gasteiger partial charge in [-0.1, -0.05) is 11.6 Å². The van der Waals surface area contributed by atoms with Crippen molar-refractivity contribution in [3.63, 3.8) is 0 Å². The molecule has 3 N–H and O–H groups in total. The number of carbonyl (C=O) groups excluding carboxylic acids is 3. The Morgan fingerprint density at radius 3 is 2.80 bits per heavy atom. The van der Waals surface area contributed by atoms with Gasteiger partial charge in [-0.3, -0.25) is 14.4 Å². The number of ether oxygens (including phenoxy) is 2. The predicted octanol–water partition coefficient (Wildman–Crippen LogP) is 3.35. The number of rotatable bonds is 6. The quantitative estimate of drug-likeness (QED) is 0.610. The third kappa shape index (κ3) is 4.65. The van der Waals surface area contributed by atoms with Gasteiger partial charge in [0.15, 0.2) is 6.61 Å². The number of nitrogens with one attached hydrogen (secondary N) is 3. The van der Waals surface area contributed by atoms with E-state index < -0.39 is 0 Å². The van der Waals surface area contributed by atoms with Gasteiger partial charge in [-0.2, -0.15) is 0 Å². The number of amides is 3. The Bertz CT molecular complexity index is 1020. The average molecular weight is 430 g/mol. The number of anilines is 3. The summed E-state index contributed by atoms with van der Waals surface area (Å²) in [5.74, 6) is 0.744. The van der Waals surface area contributed by atoms with E-state index in [0.717, 1.165) is 11.3 Å². The highest BCUT2D eigenvalue weighted by Gasteiger charge is 2.19. The zero-order valence-corrected chi connectivity index (χ0v) is 16.8. The van der Waals surface area contributed by atoms with E-state index in [1.165, 1.54) is 0 Å². The van der Waals surface area contributed by atoms with Crippen LogP contribution < -0.4 is 25.4 Å². The highest BCUT2D eigenvalue weighted by Crippen LogP contribution is 2.36. The molecule has 8 nitrogen and oxygen atoms in total. The smallest absolute Gasteiger partial charge is 0.262 e. The van der Waals surface area contributed by atoms with Crippen LogP contribution in [0, 0.1) is 0 Å². The topological polar surface area (TPSA) is 106 Å². The molecule has 156 valence electrons. The Hall–Kier alpha value is -3.26. The largest absolute Gasteiger partial charge is 0.494 e. The van der Waals surface area contributed by atoms with Crippen molar-refractivity contribution in [3.8, 4) is 11.5 Å². The molecular formula is C21H20ClN3O5. The second-order valence-electron chi connectivity index (χ2n) is 7.03. The van der Waals surface area contributed by atoms with Crippen LogP contribution in [0.25, 0.3) is 0 Å². The number of halogens is 1. The molecule has 0 aliphatic carbocycles. The third-order valence-corrected chi connectivity index (χ3v) is 5.08. The molecule has 30 heavy (non-hydrogen) atoms. The normalized spacial score (nSPS) is 14.6. The van der Waals surface area contributed by atoms with Crippen LogP contribution in [0.2, 0.25) is 5.02 Å². The molecule has 2 heterocycles. The van der Waals surface area contributed by atoms with E-state index in [1.54, 1.807) is 18.2 Å². The zero-order valence-electron chi connectivity index (χ0n) is 16.0. The van der Waals surface area contributed by atoms with Gasteiger partial charge in [-0.05, 0) is 42.7 Å². The molecular weight excluding hydrogens is 410 g/mol. The fourth-order valence-corrected chi connectivity index (χ4v) is 3.49. The molecule has 0 fully saturated rings. The second kappa shape index (κ2) is 8.62. The van der Waals surface area contributed by atoms with E-state index in [0.29, 0.717) is 53.8 Å². The summed E-state index contributed by atoms with van der Waals surface area (Å²) in [6.45, 7) is 0.306. The van der Waals surface area contributed by atoms with E-state index in [-0.39, 0.29) is 30.7 Å². The van der Waals surface area contributed by atoms with Gasteiger partial charge in [0.2, 0.25) is 11.8 Å². The molecule has 2 aliphatic heterocycles. The molecule has 0 bridgehead atoms. The SMILES string of the molecule is O=C(CCCOc1ccc2c(c1)CCC(=O)N2)Nc1cc2c(cc1Cl)NC(=O)CO2. The van der Waals surface area contributed by atoms with Crippen molar-refractivity contribution in [1.29, 1.82) is 0 Å². The van der Waals surface area contributed by atoms with Gasteiger partial charge >= 0.3 is 0 Å². The molecule has 2 aromatic carbocycles. The van der Waals surface area contributed by atoms with Gasteiger partial charge in [-0.15, -0.1) is 0 Å². The van der Waals surface area contributed by atoms with Crippen LogP contribution in [0.15, 0.2) is 30.3 Å². The first kappa shape index (κ1) is 20.0. The van der Waals surface area contributed by atoms with Crippen LogP contribution >= 0.6 is 11.6 Å². The highest BCUT2D eigenvalue weighted by molar-refractivity contribution is 6.34. The van der Waals surface area contributed by atoms with Crippen LogP contribution in [0.5, 0.6) is 11.5 Å². The van der Waals surface area contributed by atoms with Crippen LogP contribution in [0.3, 0.4) is 0 Å². The fraction of sp³-hybridized carbons (Fsp3) is 0.286. The summed E-state index contributed by atoms with van der Waals surface area (Å²) in [6.07, 6.45) is 1.94. The van der Waals surface area contributed by atoms with Crippen molar-refractivity contribution >= 4 is 46.4 Å². The van der Waals surface area contributed by atoms with Gasteiger partial charge in [0.25, 0.3) is 5.91 Å². The number of carbonyl (C=O) groups is 3. The summed E-state index contributed by atoms with van der Waals surface area (Å²) in [5, 5.41) is 8.56. The van der Waals surface area contributed by atoms with Crippen LogP contribution in [-0.4, -0.2) is 30.9 Å². The van der Waals surface area contributed by atoms with Crippen LogP contribution in [-0.2, 0) is 20.8 Å². The molecule has 0 saturated heterocycles. The molecule has 2 aromatic rings. The van der Waals surface area contributed by atoms with E-state index in [4.69, 9.17) is 21.1 Å². The number of fused-ring (bicyclic) bond motifs is 2. The Morgan fingerprint density at radius 2 is 1.93 bits per heavy atom. The molecule has 0 aromatic heterocycles. The van der Waals surface area contributed by atoms with Crippen molar-refractivity contribution in [3.05, 3.63) is 40.9 Å². The Balaban J connectivity index is 1.26. The Kier molecular flexibility index (Phi) is 5.76. The van der Waals surface area contributed by atoms with Gasteiger partial charge < -0.3 is 25.4 Å². The summed E-state index contributed by atoms with van der Waals surface area (Å²) < 4.78 is 11.1. The number of hydrogen-bond acceptors (Lipinski definition) is 5. The lowest BCUT2D eigenvalue weighted by molar-refractivity contribution is -0.119. The predicted molar refractivity (Wildman–Crippen MR) is 112 cm³/mol. The molecule has 2 aliphatic rings. The molecule has 3 amide bonds. The lowest BCUT2D eigenvalue weighted by Crippen LogP contribution is -2.25. The second-order valence-corrected chi connectivity index (χ2v) is 7.44. The Labute approximate surface area is 177 Å². The Morgan fingerprint density at radius 1 is 1.10 bits per heavy atom. The van der Waals surface area contributed by atoms with Crippen molar-refractivity contribution in [2.24, 2.45) is 0 Å². The molecule has 0 unspecified atom stereocenters. The van der Waals surface area contributed by atoms with E-state index in [1.807, 2.05) is 12.1 Å². The van der Waals surface area contributed by atoms with Crippen LogP contribution in [0.4, 0.5) is 17.1 Å². The molecule has 0 atom stereocenters. The van der Waals surface area contributed by atoms with Crippen molar-refractivity contribution < 1.29 is 23.9 Å². The van der Waals surface area contributed by atoms with Gasteiger partial charge in [-0.25, -0.2) is 0 Å². The first-order valence-electron chi connectivity index (χ1n) is 9.59. The maximum absolute atomic E-state index is 12.2. The van der Waals surface area contributed by atoms with Gasteiger partial charge in [0, 0.05) is 24.6 Å². The maximum atomic E-state index is 12.2. The third-order valence-electron chi connectivity index (χ3n) is 4.77. The minimum Gasteiger partial charge on any atom is -0.494 e. The molecule has 9 heteroatoms.